The molecule has 1 atom stereocenters. The molecule has 158 valence electrons. The van der Waals surface area contributed by atoms with Crippen LogP contribution in [0.2, 0.25) is 5.02 Å². The zero-order chi connectivity index (χ0) is 21.1. The number of carbonyl (C=O) groups excluding carboxylic acids is 3. The van der Waals surface area contributed by atoms with Gasteiger partial charge in [-0.1, -0.05) is 11.6 Å². The van der Waals surface area contributed by atoms with Crippen molar-refractivity contribution in [1.29, 1.82) is 0 Å². The Morgan fingerprint density at radius 2 is 1.93 bits per heavy atom. The Kier molecular flexibility index (Phi) is 6.83. The zero-order valence-electron chi connectivity index (χ0n) is 17.4. The molecule has 7 heteroatoms. The third-order valence-corrected chi connectivity index (χ3v) is 6.05. The molecule has 3 amide bonds. The Bertz CT molecular complexity index is 792. The van der Waals surface area contributed by atoms with Crippen LogP contribution in [0.15, 0.2) is 18.2 Å². The molecule has 1 saturated carbocycles. The van der Waals surface area contributed by atoms with E-state index in [1.165, 1.54) is 0 Å². The molecule has 0 spiro atoms. The molecular weight excluding hydrogens is 390 g/mol. The fraction of sp³-hybridized carbons (Fsp3) is 0.591. The summed E-state index contributed by atoms with van der Waals surface area (Å²) in [4.78, 5) is 41.6. The van der Waals surface area contributed by atoms with E-state index in [4.69, 9.17) is 11.6 Å². The average Bonchev–Trinajstić information content (AvgIpc) is 3.54. The molecule has 1 aliphatic heterocycles. The lowest BCUT2D eigenvalue weighted by molar-refractivity contribution is -0.135. The van der Waals surface area contributed by atoms with E-state index in [2.05, 4.69) is 5.32 Å². The summed E-state index contributed by atoms with van der Waals surface area (Å²) in [6, 6.07) is 5.05. The van der Waals surface area contributed by atoms with E-state index in [1.54, 1.807) is 23.1 Å². The van der Waals surface area contributed by atoms with Crippen molar-refractivity contribution < 1.29 is 14.4 Å². The van der Waals surface area contributed by atoms with Crippen molar-refractivity contribution >= 4 is 35.0 Å². The Labute approximate surface area is 177 Å². The van der Waals surface area contributed by atoms with Gasteiger partial charge >= 0.3 is 0 Å². The smallest absolute Gasteiger partial charge is 0.255 e. The zero-order valence-corrected chi connectivity index (χ0v) is 18.2. The number of benzene rings is 1. The van der Waals surface area contributed by atoms with Gasteiger partial charge in [0, 0.05) is 37.3 Å². The summed E-state index contributed by atoms with van der Waals surface area (Å²) in [5, 5.41) is 3.28. The molecule has 1 saturated heterocycles. The highest BCUT2D eigenvalue weighted by molar-refractivity contribution is 6.34. The Balaban J connectivity index is 1.68. The maximum absolute atomic E-state index is 12.9. The topological polar surface area (TPSA) is 69.7 Å². The van der Waals surface area contributed by atoms with Gasteiger partial charge in [0.15, 0.2) is 0 Å². The summed E-state index contributed by atoms with van der Waals surface area (Å²) in [7, 11) is 0. The van der Waals surface area contributed by atoms with E-state index < -0.39 is 0 Å². The predicted octanol–water partition coefficient (Wildman–Crippen LogP) is 3.80. The van der Waals surface area contributed by atoms with Crippen molar-refractivity contribution in [2.45, 2.75) is 52.5 Å². The Hall–Kier alpha value is -2.08. The number of halogens is 1. The lowest BCUT2D eigenvalue weighted by Crippen LogP contribution is -2.44. The summed E-state index contributed by atoms with van der Waals surface area (Å²) in [6.07, 6.45) is 3.54. The number of anilines is 1. The van der Waals surface area contributed by atoms with Crippen LogP contribution < -0.4 is 5.32 Å². The second kappa shape index (κ2) is 9.16. The molecule has 29 heavy (non-hydrogen) atoms. The maximum Gasteiger partial charge on any atom is 0.255 e. The molecule has 6 nitrogen and oxygen atoms in total. The monoisotopic (exact) mass is 419 g/mol. The van der Waals surface area contributed by atoms with Gasteiger partial charge in [0.25, 0.3) is 5.91 Å². The Morgan fingerprint density at radius 3 is 2.55 bits per heavy atom. The number of carbonyl (C=O) groups is 3. The summed E-state index contributed by atoms with van der Waals surface area (Å²) in [5.74, 6) is -0.138. The average molecular weight is 420 g/mol. The van der Waals surface area contributed by atoms with E-state index in [9.17, 15) is 14.4 Å². The van der Waals surface area contributed by atoms with Crippen LogP contribution in [0.1, 0.15) is 56.8 Å². The van der Waals surface area contributed by atoms with Gasteiger partial charge in [-0.2, -0.15) is 0 Å². The normalized spacial score (nSPS) is 19.2. The first kappa shape index (κ1) is 21.6. The molecule has 3 rings (SSSR count). The van der Waals surface area contributed by atoms with Crippen molar-refractivity contribution in [2.24, 2.45) is 11.8 Å². The van der Waals surface area contributed by atoms with Gasteiger partial charge in [-0.05, 0) is 64.7 Å². The van der Waals surface area contributed by atoms with Crippen LogP contribution in [0.4, 0.5) is 5.69 Å². The molecule has 1 aromatic carbocycles. The lowest BCUT2D eigenvalue weighted by atomic mass is 9.96. The number of amides is 3. The summed E-state index contributed by atoms with van der Waals surface area (Å²) in [6.45, 7) is 7.63. The molecule has 1 aromatic rings. The quantitative estimate of drug-likeness (QED) is 0.762. The molecule has 0 aromatic heterocycles. The second-order valence-electron chi connectivity index (χ2n) is 8.27. The highest BCUT2D eigenvalue weighted by Crippen LogP contribution is 2.33. The fourth-order valence-electron chi connectivity index (χ4n) is 3.89. The van der Waals surface area contributed by atoms with Gasteiger partial charge in [0.05, 0.1) is 16.5 Å². The highest BCUT2D eigenvalue weighted by Gasteiger charge is 2.36. The van der Waals surface area contributed by atoms with E-state index in [-0.39, 0.29) is 35.6 Å². The number of piperidine rings is 1. The number of hydrogen-bond donors (Lipinski definition) is 1. The molecular formula is C22H30ClN3O3. The molecule has 2 fully saturated rings. The van der Waals surface area contributed by atoms with Gasteiger partial charge in [0.1, 0.15) is 0 Å². The van der Waals surface area contributed by atoms with Crippen molar-refractivity contribution in [3.05, 3.63) is 28.8 Å². The van der Waals surface area contributed by atoms with Gasteiger partial charge in [0.2, 0.25) is 11.8 Å². The van der Waals surface area contributed by atoms with Crippen LogP contribution >= 0.6 is 11.6 Å². The van der Waals surface area contributed by atoms with E-state index in [0.717, 1.165) is 32.2 Å². The van der Waals surface area contributed by atoms with Crippen molar-refractivity contribution in [3.8, 4) is 0 Å². The van der Waals surface area contributed by atoms with Crippen LogP contribution in [0.5, 0.6) is 0 Å². The number of rotatable bonds is 6. The SMILES string of the molecule is CCN(C(=O)c1cc(NC(=O)[C@@H]2CCCN(C(=O)C3CC3)C2)ccc1Cl)C(C)C. The minimum atomic E-state index is -0.232. The van der Waals surface area contributed by atoms with Crippen LogP contribution in [0, 0.1) is 11.8 Å². The van der Waals surface area contributed by atoms with Crippen molar-refractivity contribution in [1.82, 2.24) is 9.80 Å². The van der Waals surface area contributed by atoms with Crippen molar-refractivity contribution in [2.75, 3.05) is 25.0 Å². The second-order valence-corrected chi connectivity index (χ2v) is 8.67. The first-order chi connectivity index (χ1) is 13.8. The number of nitrogens with one attached hydrogen (secondary N) is 1. The van der Waals surface area contributed by atoms with E-state index >= 15 is 0 Å². The molecule has 1 N–H and O–H groups in total. The number of nitrogens with zero attached hydrogens (tertiary/aromatic N) is 2. The lowest BCUT2D eigenvalue weighted by Gasteiger charge is -2.32. The standard InChI is InChI=1S/C22H30ClN3O3/c1-4-26(14(2)3)22(29)18-12-17(9-10-19(18)23)24-20(27)16-6-5-11-25(13-16)21(28)15-7-8-15/h9-10,12,14-16H,4-8,11,13H2,1-3H3,(H,24,27)/t16-/m1/s1. The first-order valence-electron chi connectivity index (χ1n) is 10.5. The third kappa shape index (κ3) is 5.10. The van der Waals surface area contributed by atoms with E-state index in [1.807, 2.05) is 25.7 Å². The third-order valence-electron chi connectivity index (χ3n) is 5.72. The molecule has 1 aliphatic carbocycles. The van der Waals surface area contributed by atoms with Gasteiger partial charge in [-0.25, -0.2) is 0 Å². The largest absolute Gasteiger partial charge is 0.342 e. The van der Waals surface area contributed by atoms with Crippen molar-refractivity contribution in [3.63, 3.8) is 0 Å². The molecule has 2 aliphatic rings. The van der Waals surface area contributed by atoms with Gasteiger partial charge in [-0.3, -0.25) is 14.4 Å². The number of hydrogen-bond acceptors (Lipinski definition) is 3. The summed E-state index contributed by atoms with van der Waals surface area (Å²) < 4.78 is 0. The number of likely N-dealkylation sites (tertiary alicyclic amines) is 1. The summed E-state index contributed by atoms with van der Waals surface area (Å²) in [5.41, 5.74) is 0.933. The van der Waals surface area contributed by atoms with E-state index in [0.29, 0.717) is 29.4 Å². The van der Waals surface area contributed by atoms with Crippen LogP contribution in [-0.4, -0.2) is 53.2 Å². The van der Waals surface area contributed by atoms with Crippen LogP contribution in [0.25, 0.3) is 0 Å². The fourth-order valence-corrected chi connectivity index (χ4v) is 4.09. The first-order valence-corrected chi connectivity index (χ1v) is 10.9. The molecule has 1 heterocycles. The highest BCUT2D eigenvalue weighted by atomic mass is 35.5. The molecule has 0 radical (unpaired) electrons. The predicted molar refractivity (Wildman–Crippen MR) is 114 cm³/mol. The van der Waals surface area contributed by atoms with Gasteiger partial charge in [-0.15, -0.1) is 0 Å². The summed E-state index contributed by atoms with van der Waals surface area (Å²) >= 11 is 6.27. The molecule has 0 unspecified atom stereocenters. The van der Waals surface area contributed by atoms with Gasteiger partial charge < -0.3 is 15.1 Å². The van der Waals surface area contributed by atoms with Crippen LogP contribution in [-0.2, 0) is 9.59 Å². The molecule has 0 bridgehead atoms. The maximum atomic E-state index is 12.9. The Morgan fingerprint density at radius 1 is 1.21 bits per heavy atom. The van der Waals surface area contributed by atoms with Crippen LogP contribution in [0.3, 0.4) is 0 Å². The minimum absolute atomic E-state index is 0.0547. The minimum Gasteiger partial charge on any atom is -0.342 e.